The van der Waals surface area contributed by atoms with Crippen LogP contribution < -0.4 is 0 Å². The van der Waals surface area contributed by atoms with Crippen molar-refractivity contribution >= 4 is 5.78 Å². The van der Waals surface area contributed by atoms with Gasteiger partial charge in [0.15, 0.2) is 0 Å². The Balaban J connectivity index is -0.000000231. The van der Waals surface area contributed by atoms with Crippen LogP contribution in [-0.4, -0.2) is 5.78 Å². The van der Waals surface area contributed by atoms with E-state index in [1.54, 1.807) is 6.92 Å². The van der Waals surface area contributed by atoms with Crippen LogP contribution in [0.4, 0.5) is 0 Å². The van der Waals surface area contributed by atoms with Crippen LogP contribution in [0.1, 0.15) is 67.2 Å². The molecule has 5 heteroatoms. The number of hydrogen-bond acceptors (Lipinski definition) is 1. The molecule has 0 spiro atoms. The Morgan fingerprint density at radius 2 is 1.04 bits per heavy atom. The number of carbonyl (C=O) groups excluding carboxylic acids is 1. The van der Waals surface area contributed by atoms with E-state index in [9.17, 15) is 4.79 Å². The first-order valence-corrected chi connectivity index (χ1v) is 7.06. The second-order valence-corrected chi connectivity index (χ2v) is 4.26. The van der Waals surface area contributed by atoms with Crippen molar-refractivity contribution in [3.63, 3.8) is 0 Å². The number of Topliss-reactive ketones (excluding diaryl/α,β-unsaturated/α-hetero) is 1. The van der Waals surface area contributed by atoms with Gasteiger partial charge >= 0.3 is 33.9 Å². The Morgan fingerprint density at radius 3 is 1.17 bits per heavy atom. The molecular formula is C18H23MnO4-. The summed E-state index contributed by atoms with van der Waals surface area (Å²) in [7, 11) is 0. The molecular weight excluding hydrogens is 335 g/mol. The van der Waals surface area contributed by atoms with Gasteiger partial charge in [-0.05, 0) is 6.92 Å². The summed E-state index contributed by atoms with van der Waals surface area (Å²) in [4.78, 5) is 11.8. The maximum atomic E-state index is 11.8. The molecule has 127 valence electrons. The number of rotatable bonds is 5. The van der Waals surface area contributed by atoms with Crippen LogP contribution in [0.2, 0.25) is 0 Å². The van der Waals surface area contributed by atoms with Gasteiger partial charge in [0.25, 0.3) is 0 Å². The van der Waals surface area contributed by atoms with Gasteiger partial charge in [-0.3, -0.25) is 0 Å². The first kappa shape index (κ1) is 29.7. The fourth-order valence-electron chi connectivity index (χ4n) is 2.91. The van der Waals surface area contributed by atoms with Gasteiger partial charge in [0.1, 0.15) is 5.78 Å². The Morgan fingerprint density at radius 1 is 0.783 bits per heavy atom. The average molecular weight is 358 g/mol. The Bertz CT molecular complexity index is 464. The molecule has 0 N–H and O–H groups in total. The second kappa shape index (κ2) is 18.8. The van der Waals surface area contributed by atoms with Crippen molar-refractivity contribution in [2.24, 2.45) is 0 Å². The van der Waals surface area contributed by atoms with Crippen molar-refractivity contribution in [1.29, 1.82) is 0 Å². The topological polar surface area (TPSA) is 76.8 Å². The van der Waals surface area contributed by atoms with E-state index >= 15 is 0 Å². The minimum absolute atomic E-state index is 0. The summed E-state index contributed by atoms with van der Waals surface area (Å²) in [6, 6.07) is 0. The van der Waals surface area contributed by atoms with Crippen molar-refractivity contribution in [1.82, 2.24) is 0 Å². The monoisotopic (exact) mass is 358 g/mol. The maximum absolute atomic E-state index is 11.8. The van der Waals surface area contributed by atoms with Gasteiger partial charge in [0.05, 0.1) is 0 Å². The molecule has 4 nitrogen and oxygen atoms in total. The Labute approximate surface area is 150 Å². The molecule has 1 radical (unpaired) electrons. The van der Waals surface area contributed by atoms with Crippen LogP contribution >= 0.6 is 0 Å². The fourth-order valence-corrected chi connectivity index (χ4v) is 2.91. The van der Waals surface area contributed by atoms with Crippen LogP contribution in [0, 0.1) is 20.0 Å². The van der Waals surface area contributed by atoms with Crippen LogP contribution in [0.25, 0.3) is 0 Å². The molecule has 0 heterocycles. The molecule has 0 aliphatic rings. The van der Waals surface area contributed by atoms with Crippen LogP contribution in [0.3, 0.4) is 0 Å². The average Bonchev–Trinajstić information content (AvgIpc) is 2.92. The molecule has 0 unspecified atom stereocenters. The predicted octanol–water partition coefficient (Wildman–Crippen LogP) is 3.74. The van der Waals surface area contributed by atoms with Gasteiger partial charge in [0, 0.05) is 17.1 Å². The molecule has 0 saturated heterocycles. The van der Waals surface area contributed by atoms with Crippen molar-refractivity contribution in [2.45, 2.75) is 60.3 Å². The Hall–Kier alpha value is -1.24. The quantitative estimate of drug-likeness (QED) is 0.342. The number of ketones is 1. The van der Waals surface area contributed by atoms with Gasteiger partial charge in [0.2, 0.25) is 0 Å². The minimum atomic E-state index is 0. The summed E-state index contributed by atoms with van der Waals surface area (Å²) in [5.74, 6) is 0.239. The van der Waals surface area contributed by atoms with Crippen molar-refractivity contribution in [2.75, 3.05) is 0 Å². The van der Waals surface area contributed by atoms with Gasteiger partial charge in [-0.15, -0.1) is 0 Å². The normalized spacial score (nSPS) is 7.78. The minimum Gasteiger partial charge on any atom is 0 e. The van der Waals surface area contributed by atoms with E-state index in [1.807, 2.05) is 0 Å². The van der Waals surface area contributed by atoms with Crippen LogP contribution in [0.15, 0.2) is 0 Å². The zero-order valence-electron chi connectivity index (χ0n) is 14.3. The largest absolute Gasteiger partial charge is 0 e. The molecule has 23 heavy (non-hydrogen) atoms. The number of carbonyl (C=O) groups is 1. The van der Waals surface area contributed by atoms with E-state index in [-0.39, 0.29) is 22.9 Å². The van der Waals surface area contributed by atoms with Gasteiger partial charge in [-0.2, -0.15) is 22.3 Å². The third-order valence-corrected chi connectivity index (χ3v) is 3.46. The molecule has 0 aliphatic heterocycles. The second-order valence-electron chi connectivity index (χ2n) is 4.26. The third-order valence-electron chi connectivity index (χ3n) is 3.46. The standard InChI is InChI=1S/C15H23O.3CO.Mn/c1-6-11-12(7-2)14(9-4)15(10(5)16)13(11)8-3;3*1-2;/h6-9H2,1-5H3;;;;/q-1;;;;. The smallest absolute Gasteiger partial charge is 0 e. The summed E-state index contributed by atoms with van der Waals surface area (Å²) >= 11 is 0. The summed E-state index contributed by atoms with van der Waals surface area (Å²) in [5.41, 5.74) is 6.52. The molecule has 1 aromatic rings. The van der Waals surface area contributed by atoms with E-state index in [1.165, 1.54) is 22.3 Å². The Kier molecular flexibility index (Phi) is 24.3. The molecule has 0 aromatic heterocycles. The summed E-state index contributed by atoms with van der Waals surface area (Å²) in [5, 5.41) is 0. The zero-order valence-corrected chi connectivity index (χ0v) is 15.5. The molecule has 0 fully saturated rings. The molecule has 0 atom stereocenters. The zero-order chi connectivity index (χ0) is 18.3. The van der Waals surface area contributed by atoms with Gasteiger partial charge in [-0.1, -0.05) is 58.9 Å². The molecule has 0 saturated carbocycles. The first-order chi connectivity index (χ1) is 10.6. The van der Waals surface area contributed by atoms with Crippen LogP contribution in [0.5, 0.6) is 0 Å². The summed E-state index contributed by atoms with van der Waals surface area (Å²) in [6.07, 6.45) is 4.05. The van der Waals surface area contributed by atoms with E-state index in [4.69, 9.17) is 14.0 Å². The molecule has 0 aliphatic carbocycles. The van der Waals surface area contributed by atoms with E-state index in [2.05, 4.69) is 47.6 Å². The van der Waals surface area contributed by atoms with E-state index < -0.39 is 0 Å². The third kappa shape index (κ3) is 7.72. The van der Waals surface area contributed by atoms with Gasteiger partial charge < -0.3 is 4.79 Å². The molecule has 0 amide bonds. The van der Waals surface area contributed by atoms with E-state index in [0.29, 0.717) is 0 Å². The predicted molar refractivity (Wildman–Crippen MR) is 81.3 cm³/mol. The molecule has 1 rings (SSSR count). The van der Waals surface area contributed by atoms with Crippen molar-refractivity contribution in [3.05, 3.63) is 47.8 Å². The van der Waals surface area contributed by atoms with Gasteiger partial charge in [-0.25, -0.2) is 0 Å². The van der Waals surface area contributed by atoms with Crippen molar-refractivity contribution in [3.8, 4) is 0 Å². The SMILES string of the molecule is CCc1c(CC)c(CC)[c-](C(C)=O)c1CC.[C-]#[O+].[C-]#[O+].[C-]#[O+].[Mn]. The molecule has 1 aromatic carbocycles. The first-order valence-electron chi connectivity index (χ1n) is 7.06. The summed E-state index contributed by atoms with van der Waals surface area (Å²) in [6.45, 7) is 23.9. The summed E-state index contributed by atoms with van der Waals surface area (Å²) < 4.78 is 22.5. The molecule has 0 bridgehead atoms. The maximum Gasteiger partial charge on any atom is 0 e. The van der Waals surface area contributed by atoms with E-state index in [0.717, 1.165) is 31.2 Å². The fraction of sp³-hybridized carbons (Fsp3) is 0.500. The number of hydrogen-bond donors (Lipinski definition) is 0. The van der Waals surface area contributed by atoms with Crippen molar-refractivity contribution < 1.29 is 35.8 Å². The van der Waals surface area contributed by atoms with Crippen LogP contribution in [-0.2, 0) is 56.7 Å².